The van der Waals surface area contributed by atoms with Crippen molar-refractivity contribution in [1.29, 1.82) is 0 Å². The predicted octanol–water partition coefficient (Wildman–Crippen LogP) is 4.22. The average molecular weight is 404 g/mol. The zero-order valence-electron chi connectivity index (χ0n) is 12.8. The number of nitrogens with zero attached hydrogens (tertiary/aromatic N) is 2. The second-order valence-electron chi connectivity index (χ2n) is 5.34. The number of aromatic nitrogens is 2. The molecular formula is C16H10Cl2F3N3O2. The molecule has 1 unspecified atom stereocenters. The van der Waals surface area contributed by atoms with E-state index in [4.69, 9.17) is 23.2 Å². The van der Waals surface area contributed by atoms with Gasteiger partial charge in [-0.15, -0.1) is 0 Å². The van der Waals surface area contributed by atoms with Gasteiger partial charge in [0.05, 0.1) is 6.20 Å². The second kappa shape index (κ2) is 6.79. The molecule has 0 saturated carbocycles. The molecule has 3 aromatic rings. The summed E-state index contributed by atoms with van der Waals surface area (Å²) in [5.41, 5.74) is 0.975. The van der Waals surface area contributed by atoms with Crippen LogP contribution in [0.5, 0.6) is 0 Å². The van der Waals surface area contributed by atoms with Gasteiger partial charge < -0.3 is 14.8 Å². The number of pyridine rings is 1. The van der Waals surface area contributed by atoms with E-state index in [9.17, 15) is 23.1 Å². The number of benzene rings is 1. The summed E-state index contributed by atoms with van der Waals surface area (Å²) >= 11 is 12.2. The van der Waals surface area contributed by atoms with E-state index in [0.717, 1.165) is 0 Å². The van der Waals surface area contributed by atoms with Crippen LogP contribution < -0.4 is 5.32 Å². The van der Waals surface area contributed by atoms with Gasteiger partial charge in [0.25, 0.3) is 0 Å². The summed E-state index contributed by atoms with van der Waals surface area (Å²) in [6.07, 6.45) is -3.52. The van der Waals surface area contributed by atoms with E-state index in [0.29, 0.717) is 11.1 Å². The molecule has 1 aromatic carbocycles. The standard InChI is InChI=1S/C16H10Cl2F3N3O2/c17-9-2-1-3-10(18)13(9)14(25)8-4-5-12-22-11(7-24(12)6-8)23-15(26)16(19,20)21/h1-7,14,25H,(H,23,26). The van der Waals surface area contributed by atoms with E-state index in [1.54, 1.807) is 23.5 Å². The number of carbonyl (C=O) groups excluding carboxylic acids is 1. The molecule has 2 heterocycles. The highest BCUT2D eigenvalue weighted by atomic mass is 35.5. The number of carbonyl (C=O) groups is 1. The molecule has 1 amide bonds. The molecule has 0 saturated heterocycles. The summed E-state index contributed by atoms with van der Waals surface area (Å²) < 4.78 is 38.3. The Hall–Kier alpha value is -2.29. The minimum atomic E-state index is -5.02. The van der Waals surface area contributed by atoms with E-state index in [1.165, 1.54) is 28.9 Å². The highest BCUT2D eigenvalue weighted by Crippen LogP contribution is 2.34. The Morgan fingerprint density at radius 2 is 1.81 bits per heavy atom. The van der Waals surface area contributed by atoms with Crippen molar-refractivity contribution in [3.8, 4) is 0 Å². The van der Waals surface area contributed by atoms with Crippen molar-refractivity contribution in [3.05, 3.63) is 63.9 Å². The van der Waals surface area contributed by atoms with Gasteiger partial charge in [-0.3, -0.25) is 4.79 Å². The van der Waals surface area contributed by atoms with Crippen molar-refractivity contribution in [2.45, 2.75) is 12.3 Å². The van der Waals surface area contributed by atoms with Crippen molar-refractivity contribution in [1.82, 2.24) is 9.38 Å². The zero-order chi connectivity index (χ0) is 19.1. The fourth-order valence-corrected chi connectivity index (χ4v) is 2.96. The van der Waals surface area contributed by atoms with Crippen molar-refractivity contribution in [3.63, 3.8) is 0 Å². The molecule has 2 aromatic heterocycles. The third kappa shape index (κ3) is 3.62. The van der Waals surface area contributed by atoms with E-state index in [1.807, 2.05) is 0 Å². The predicted molar refractivity (Wildman–Crippen MR) is 90.4 cm³/mol. The van der Waals surface area contributed by atoms with Crippen LogP contribution in [0.3, 0.4) is 0 Å². The van der Waals surface area contributed by atoms with Gasteiger partial charge in [0, 0.05) is 27.4 Å². The van der Waals surface area contributed by atoms with Gasteiger partial charge >= 0.3 is 12.1 Å². The van der Waals surface area contributed by atoms with Crippen molar-refractivity contribution in [2.75, 3.05) is 5.32 Å². The molecule has 0 aliphatic heterocycles. The Bertz CT molecular complexity index is 968. The third-order valence-electron chi connectivity index (χ3n) is 3.56. The maximum absolute atomic E-state index is 12.3. The number of hydrogen-bond acceptors (Lipinski definition) is 3. The number of fused-ring (bicyclic) bond motifs is 1. The molecule has 0 bridgehead atoms. The molecular weight excluding hydrogens is 394 g/mol. The molecule has 0 aliphatic carbocycles. The van der Waals surface area contributed by atoms with Gasteiger partial charge in [0.2, 0.25) is 0 Å². The molecule has 0 radical (unpaired) electrons. The molecule has 5 nitrogen and oxygen atoms in total. The van der Waals surface area contributed by atoms with E-state index >= 15 is 0 Å². The number of rotatable bonds is 3. The summed E-state index contributed by atoms with van der Waals surface area (Å²) in [6, 6.07) is 7.79. The lowest BCUT2D eigenvalue weighted by Crippen LogP contribution is -2.30. The third-order valence-corrected chi connectivity index (χ3v) is 4.22. The first-order valence-electron chi connectivity index (χ1n) is 7.15. The fourth-order valence-electron chi connectivity index (χ4n) is 2.36. The zero-order valence-corrected chi connectivity index (χ0v) is 14.3. The summed E-state index contributed by atoms with van der Waals surface area (Å²) in [7, 11) is 0. The maximum Gasteiger partial charge on any atom is 0.471 e. The van der Waals surface area contributed by atoms with Gasteiger partial charge in [0.15, 0.2) is 5.82 Å². The Morgan fingerprint density at radius 3 is 2.42 bits per heavy atom. The Balaban J connectivity index is 1.93. The molecule has 0 fully saturated rings. The van der Waals surface area contributed by atoms with Gasteiger partial charge in [-0.05, 0) is 18.2 Å². The highest BCUT2D eigenvalue weighted by Gasteiger charge is 2.39. The largest absolute Gasteiger partial charge is 0.471 e. The van der Waals surface area contributed by atoms with Crippen molar-refractivity contribution >= 4 is 40.6 Å². The number of anilines is 1. The summed E-state index contributed by atoms with van der Waals surface area (Å²) in [6.45, 7) is 0. The molecule has 0 spiro atoms. The van der Waals surface area contributed by atoms with Crippen LogP contribution in [-0.2, 0) is 4.79 Å². The summed E-state index contributed by atoms with van der Waals surface area (Å²) in [5, 5.41) is 12.8. The van der Waals surface area contributed by atoms with Gasteiger partial charge in [-0.1, -0.05) is 35.3 Å². The lowest BCUT2D eigenvalue weighted by atomic mass is 10.0. The van der Waals surface area contributed by atoms with E-state index in [-0.39, 0.29) is 21.5 Å². The van der Waals surface area contributed by atoms with Crippen molar-refractivity contribution in [2.24, 2.45) is 0 Å². The molecule has 0 aliphatic rings. The van der Waals surface area contributed by atoms with E-state index in [2.05, 4.69) is 4.98 Å². The van der Waals surface area contributed by atoms with Crippen LogP contribution in [0.15, 0.2) is 42.7 Å². The highest BCUT2D eigenvalue weighted by molar-refractivity contribution is 6.36. The van der Waals surface area contributed by atoms with Gasteiger partial charge in [-0.25, -0.2) is 4.98 Å². The molecule has 1 atom stereocenters. The smallest absolute Gasteiger partial charge is 0.383 e. The number of alkyl halides is 3. The number of amides is 1. The normalized spacial score (nSPS) is 13.0. The molecule has 10 heteroatoms. The molecule has 3 rings (SSSR count). The monoisotopic (exact) mass is 403 g/mol. The van der Waals surface area contributed by atoms with Gasteiger partial charge in [-0.2, -0.15) is 13.2 Å². The maximum atomic E-state index is 12.3. The summed E-state index contributed by atoms with van der Waals surface area (Å²) in [4.78, 5) is 14.9. The van der Waals surface area contributed by atoms with Crippen LogP contribution >= 0.6 is 23.2 Å². The minimum absolute atomic E-state index is 0.269. The lowest BCUT2D eigenvalue weighted by Gasteiger charge is -2.15. The fraction of sp³-hybridized carbons (Fsp3) is 0.125. The minimum Gasteiger partial charge on any atom is -0.383 e. The number of imidazole rings is 1. The average Bonchev–Trinajstić information content (AvgIpc) is 2.94. The second-order valence-corrected chi connectivity index (χ2v) is 6.16. The summed E-state index contributed by atoms with van der Waals surface area (Å²) in [5.74, 6) is -2.39. The first kappa shape index (κ1) is 18.5. The lowest BCUT2D eigenvalue weighted by molar-refractivity contribution is -0.167. The quantitative estimate of drug-likeness (QED) is 0.687. The Morgan fingerprint density at radius 1 is 1.15 bits per heavy atom. The van der Waals surface area contributed by atoms with Crippen molar-refractivity contribution < 1.29 is 23.1 Å². The topological polar surface area (TPSA) is 66.6 Å². The molecule has 26 heavy (non-hydrogen) atoms. The van der Waals surface area contributed by atoms with Crippen LogP contribution in [0, 0.1) is 0 Å². The first-order chi connectivity index (χ1) is 12.2. The number of aliphatic hydroxyl groups is 1. The van der Waals surface area contributed by atoms with Crippen LogP contribution in [-0.4, -0.2) is 26.6 Å². The Labute approximate surface area is 155 Å². The van der Waals surface area contributed by atoms with Gasteiger partial charge in [0.1, 0.15) is 11.8 Å². The number of halogens is 5. The van der Waals surface area contributed by atoms with E-state index < -0.39 is 18.2 Å². The Kier molecular flexibility index (Phi) is 4.83. The van der Waals surface area contributed by atoms with Crippen LogP contribution in [0.25, 0.3) is 5.65 Å². The first-order valence-corrected chi connectivity index (χ1v) is 7.91. The van der Waals surface area contributed by atoms with Crippen LogP contribution in [0.2, 0.25) is 10.0 Å². The molecule has 2 N–H and O–H groups in total. The van der Waals surface area contributed by atoms with Crippen LogP contribution in [0.1, 0.15) is 17.2 Å². The SMILES string of the molecule is O=C(Nc1cn2cc(C(O)c3c(Cl)cccc3Cl)ccc2n1)C(F)(F)F. The number of aliphatic hydroxyl groups excluding tert-OH is 1. The number of hydrogen-bond donors (Lipinski definition) is 2. The van der Waals surface area contributed by atoms with Crippen LogP contribution in [0.4, 0.5) is 19.0 Å². The number of nitrogens with one attached hydrogen (secondary N) is 1. The molecule has 136 valence electrons.